The van der Waals surface area contributed by atoms with E-state index in [-0.39, 0.29) is 30.1 Å². The van der Waals surface area contributed by atoms with Crippen molar-refractivity contribution in [2.45, 2.75) is 25.3 Å². The van der Waals surface area contributed by atoms with Gasteiger partial charge < -0.3 is 25.8 Å². The molecule has 0 saturated heterocycles. The maximum Gasteiger partial charge on any atom is 0.547 e. The van der Waals surface area contributed by atoms with Crippen molar-refractivity contribution in [1.29, 1.82) is 0 Å². The summed E-state index contributed by atoms with van der Waals surface area (Å²) in [6.07, 6.45) is 0.166. The van der Waals surface area contributed by atoms with Crippen LogP contribution in [0.3, 0.4) is 0 Å². The summed E-state index contributed by atoms with van der Waals surface area (Å²) in [7, 11) is -1.38. The minimum absolute atomic E-state index is 0.0351. The molecule has 0 aliphatic carbocycles. The first-order chi connectivity index (χ1) is 14.4. The Morgan fingerprint density at radius 3 is 3.03 bits per heavy atom. The largest absolute Gasteiger partial charge is 0.547 e. The first kappa shape index (κ1) is 19.9. The minimum atomic E-state index is -1.38. The summed E-state index contributed by atoms with van der Waals surface area (Å²) in [6, 6.07) is 4.69. The molecule has 2 aliphatic heterocycles. The van der Waals surface area contributed by atoms with Gasteiger partial charge in [0.05, 0.1) is 30.2 Å². The SMILES string of the molecule is Nc1nc(CN2NNN=C2CC(=O)N[C@H]2Cc3cccc(C(=O)O)c3OB2O)cs1. The van der Waals surface area contributed by atoms with Crippen molar-refractivity contribution in [3.8, 4) is 5.75 Å². The molecule has 156 valence electrons. The molecule has 0 spiro atoms. The lowest BCUT2D eigenvalue weighted by Gasteiger charge is -2.29. The van der Waals surface area contributed by atoms with E-state index in [0.29, 0.717) is 23.1 Å². The number of aromatic carboxylic acids is 1. The van der Waals surface area contributed by atoms with Gasteiger partial charge in [0.25, 0.3) is 0 Å². The number of nitrogens with two attached hydrogens (primary N) is 1. The molecule has 2 aromatic rings. The third-order valence-electron chi connectivity index (χ3n) is 4.59. The number of carboxylic acids is 1. The summed E-state index contributed by atoms with van der Waals surface area (Å²) >= 11 is 1.32. The maximum absolute atomic E-state index is 12.5. The monoisotopic (exact) mass is 431 g/mol. The Kier molecular flexibility index (Phi) is 5.43. The number of carbonyl (C=O) groups excluding carboxylic acids is 1. The van der Waals surface area contributed by atoms with Crippen molar-refractivity contribution in [2.75, 3.05) is 5.73 Å². The van der Waals surface area contributed by atoms with Gasteiger partial charge in [0.2, 0.25) is 5.91 Å². The van der Waals surface area contributed by atoms with Crippen molar-refractivity contribution < 1.29 is 24.4 Å². The Balaban J connectivity index is 1.38. The maximum atomic E-state index is 12.5. The van der Waals surface area contributed by atoms with Gasteiger partial charge in [-0.3, -0.25) is 9.80 Å². The van der Waals surface area contributed by atoms with Crippen molar-refractivity contribution >= 4 is 41.3 Å². The minimum Gasteiger partial charge on any atom is -0.534 e. The summed E-state index contributed by atoms with van der Waals surface area (Å²) in [5, 5.41) is 30.2. The highest BCUT2D eigenvalue weighted by molar-refractivity contribution is 7.13. The van der Waals surface area contributed by atoms with E-state index in [4.69, 9.17) is 10.4 Å². The Morgan fingerprint density at radius 2 is 2.30 bits per heavy atom. The number of hydrazone groups is 1. The van der Waals surface area contributed by atoms with E-state index in [9.17, 15) is 19.7 Å². The number of nitrogen functional groups attached to an aromatic ring is 1. The molecular formula is C16H18BN7O5S. The number of nitrogens with one attached hydrogen (secondary N) is 3. The average molecular weight is 431 g/mol. The normalized spacial score (nSPS) is 17.6. The van der Waals surface area contributed by atoms with Gasteiger partial charge in [-0.15, -0.1) is 22.0 Å². The van der Waals surface area contributed by atoms with Crippen LogP contribution < -0.4 is 26.8 Å². The van der Waals surface area contributed by atoms with Crippen molar-refractivity contribution in [3.05, 3.63) is 40.4 Å². The number of amides is 1. The molecule has 7 N–H and O–H groups in total. The molecule has 1 aromatic carbocycles. The Labute approximate surface area is 174 Å². The highest BCUT2D eigenvalue weighted by Crippen LogP contribution is 2.30. The van der Waals surface area contributed by atoms with Gasteiger partial charge in [0.15, 0.2) is 11.0 Å². The quantitative estimate of drug-likeness (QED) is 0.314. The summed E-state index contributed by atoms with van der Waals surface area (Å²) in [6.45, 7) is 0.354. The number of benzene rings is 1. The van der Waals surface area contributed by atoms with Gasteiger partial charge in [-0.25, -0.2) is 15.3 Å². The van der Waals surface area contributed by atoms with Crippen LogP contribution in [0.4, 0.5) is 5.13 Å². The molecular weight excluding hydrogens is 413 g/mol. The van der Waals surface area contributed by atoms with E-state index < -0.39 is 19.0 Å². The number of aromatic nitrogens is 1. The predicted molar refractivity (Wildman–Crippen MR) is 108 cm³/mol. The molecule has 0 unspecified atom stereocenters. The number of nitrogens with zero attached hydrogens (tertiary/aromatic N) is 3. The number of carboxylic acid groups (broad SMARTS) is 1. The second kappa shape index (κ2) is 8.18. The van der Waals surface area contributed by atoms with Crippen molar-refractivity contribution in [2.24, 2.45) is 5.10 Å². The van der Waals surface area contributed by atoms with Gasteiger partial charge in [0, 0.05) is 5.38 Å². The molecule has 0 fully saturated rings. The average Bonchev–Trinajstić information content (AvgIpc) is 3.30. The fourth-order valence-electron chi connectivity index (χ4n) is 3.22. The molecule has 1 amide bonds. The topological polar surface area (TPSA) is 174 Å². The van der Waals surface area contributed by atoms with Crippen LogP contribution >= 0.6 is 11.3 Å². The number of amidine groups is 1. The van der Waals surface area contributed by atoms with E-state index >= 15 is 0 Å². The van der Waals surface area contributed by atoms with Crippen LogP contribution in [0.5, 0.6) is 5.75 Å². The van der Waals surface area contributed by atoms with E-state index in [2.05, 4.69) is 26.5 Å². The number of anilines is 1. The van der Waals surface area contributed by atoms with Crippen molar-refractivity contribution in [3.63, 3.8) is 0 Å². The van der Waals surface area contributed by atoms with Crippen molar-refractivity contribution in [1.82, 2.24) is 26.4 Å². The van der Waals surface area contributed by atoms with Gasteiger partial charge >= 0.3 is 13.1 Å². The van der Waals surface area contributed by atoms with Crippen LogP contribution in [0, 0.1) is 0 Å². The Hall–Kier alpha value is -3.36. The van der Waals surface area contributed by atoms with Crippen LogP contribution in [0.15, 0.2) is 28.7 Å². The Bertz CT molecular complexity index is 1020. The zero-order valence-electron chi connectivity index (χ0n) is 15.5. The number of fused-ring (bicyclic) bond motifs is 1. The summed E-state index contributed by atoms with van der Waals surface area (Å²) in [5.74, 6) is -1.72. The molecule has 14 heteroatoms. The van der Waals surface area contributed by atoms with Gasteiger partial charge in [0.1, 0.15) is 5.75 Å². The summed E-state index contributed by atoms with van der Waals surface area (Å²) < 4.78 is 5.39. The molecule has 0 saturated carbocycles. The third-order valence-corrected chi connectivity index (χ3v) is 5.31. The number of carbonyl (C=O) groups is 2. The van der Waals surface area contributed by atoms with E-state index in [1.54, 1.807) is 17.1 Å². The molecule has 1 atom stereocenters. The highest BCUT2D eigenvalue weighted by atomic mass is 32.1. The van der Waals surface area contributed by atoms with Crippen LogP contribution in [-0.2, 0) is 17.8 Å². The Morgan fingerprint density at radius 1 is 1.47 bits per heavy atom. The van der Waals surface area contributed by atoms with E-state index in [1.165, 1.54) is 17.4 Å². The number of para-hydroxylation sites is 1. The number of thiazole rings is 1. The van der Waals surface area contributed by atoms with Gasteiger partial charge in [-0.1, -0.05) is 12.1 Å². The molecule has 0 bridgehead atoms. The number of hydrazine groups is 2. The molecule has 12 nitrogen and oxygen atoms in total. The van der Waals surface area contributed by atoms with Crippen LogP contribution in [0.1, 0.15) is 28.0 Å². The number of hydrogen-bond donors (Lipinski definition) is 6. The second-order valence-electron chi connectivity index (χ2n) is 6.68. The molecule has 3 heterocycles. The standard InChI is InChI=1S/C16H18BN7O5S/c18-16-19-9(7-30-16)6-24-12(21-22-23-24)5-13(25)20-11-4-8-2-1-3-10(15(26)27)14(8)29-17(11)28/h1-3,7,11,22-23,28H,4-6H2,(H2,18,19)(H,20,25)(H,26,27)/t11-/m0/s1. The molecule has 30 heavy (non-hydrogen) atoms. The van der Waals surface area contributed by atoms with Crippen LogP contribution in [-0.4, -0.2) is 50.9 Å². The van der Waals surface area contributed by atoms with Crippen LogP contribution in [0.2, 0.25) is 0 Å². The number of rotatable bonds is 6. The van der Waals surface area contributed by atoms with Gasteiger partial charge in [-0.05, 0) is 18.1 Å². The van der Waals surface area contributed by atoms with E-state index in [0.717, 1.165) is 5.69 Å². The lowest BCUT2D eigenvalue weighted by molar-refractivity contribution is -0.120. The lowest BCUT2D eigenvalue weighted by atomic mass is 9.72. The first-order valence-corrected chi connectivity index (χ1v) is 9.82. The highest BCUT2D eigenvalue weighted by Gasteiger charge is 2.38. The lowest BCUT2D eigenvalue weighted by Crippen LogP contribution is -2.53. The van der Waals surface area contributed by atoms with Gasteiger partial charge in [-0.2, -0.15) is 0 Å². The third kappa shape index (κ3) is 4.15. The smallest absolute Gasteiger partial charge is 0.534 e. The summed E-state index contributed by atoms with van der Waals surface area (Å²) in [4.78, 5) is 28.0. The molecule has 2 aliphatic rings. The summed E-state index contributed by atoms with van der Waals surface area (Å²) in [5.41, 5.74) is 12.3. The first-order valence-electron chi connectivity index (χ1n) is 8.94. The fourth-order valence-corrected chi connectivity index (χ4v) is 3.77. The molecule has 4 rings (SSSR count). The second-order valence-corrected chi connectivity index (χ2v) is 7.57. The predicted octanol–water partition coefficient (Wildman–Crippen LogP) is -0.908. The van der Waals surface area contributed by atoms with Crippen LogP contribution in [0.25, 0.3) is 0 Å². The molecule has 1 aromatic heterocycles. The fraction of sp³-hybridized carbons (Fsp3) is 0.250. The zero-order valence-corrected chi connectivity index (χ0v) is 16.3. The van der Waals surface area contributed by atoms with E-state index in [1.807, 2.05) is 5.38 Å². The zero-order chi connectivity index (χ0) is 21.3. The number of hydrogen-bond acceptors (Lipinski definition) is 11. The molecule has 0 radical (unpaired) electrons.